The average molecular weight is 441 g/mol. The van der Waals surface area contributed by atoms with Crippen molar-refractivity contribution < 1.29 is 9.53 Å². The second kappa shape index (κ2) is 10.5. The number of rotatable bonds is 7. The summed E-state index contributed by atoms with van der Waals surface area (Å²) in [6.45, 7) is 8.77. The van der Waals surface area contributed by atoms with E-state index in [1.807, 2.05) is 24.3 Å². The van der Waals surface area contributed by atoms with Crippen LogP contribution in [0.25, 0.3) is 17.2 Å². The van der Waals surface area contributed by atoms with E-state index in [4.69, 9.17) is 4.74 Å². The van der Waals surface area contributed by atoms with Crippen molar-refractivity contribution in [2.45, 2.75) is 33.7 Å². The van der Waals surface area contributed by atoms with Gasteiger partial charge in [-0.3, -0.25) is 4.79 Å². The highest BCUT2D eigenvalue weighted by Crippen LogP contribution is 2.31. The number of nitrogens with one attached hydrogen (secondary N) is 2. The Balaban J connectivity index is 1.47. The minimum atomic E-state index is -0.0853. The van der Waals surface area contributed by atoms with Gasteiger partial charge in [0, 0.05) is 29.8 Å². The Kier molecular flexibility index (Phi) is 7.26. The van der Waals surface area contributed by atoms with E-state index in [1.54, 1.807) is 0 Å². The highest BCUT2D eigenvalue weighted by atomic mass is 16.5. The van der Waals surface area contributed by atoms with Gasteiger partial charge in [-0.1, -0.05) is 61.9 Å². The van der Waals surface area contributed by atoms with Crippen LogP contribution in [0.4, 0.5) is 5.69 Å². The van der Waals surface area contributed by atoms with E-state index in [0.29, 0.717) is 18.9 Å². The first kappa shape index (κ1) is 22.8. The van der Waals surface area contributed by atoms with E-state index in [2.05, 4.69) is 79.9 Å². The molecule has 0 fully saturated rings. The molecule has 0 atom stereocenters. The molecule has 3 aromatic carbocycles. The minimum Gasteiger partial charge on any atom is -0.493 e. The molecular weight excluding hydrogens is 408 g/mol. The Morgan fingerprint density at radius 3 is 2.42 bits per heavy atom. The van der Waals surface area contributed by atoms with Gasteiger partial charge in [-0.05, 0) is 66.4 Å². The summed E-state index contributed by atoms with van der Waals surface area (Å²) in [4.78, 5) is 13.0. The first-order valence-corrected chi connectivity index (χ1v) is 11.6. The molecule has 1 aliphatic rings. The van der Waals surface area contributed by atoms with Gasteiger partial charge in [-0.15, -0.1) is 0 Å². The Morgan fingerprint density at radius 2 is 1.70 bits per heavy atom. The lowest BCUT2D eigenvalue weighted by molar-refractivity contribution is -0.113. The van der Waals surface area contributed by atoms with E-state index in [-0.39, 0.29) is 5.91 Å². The lowest BCUT2D eigenvalue weighted by atomic mass is 10.00. The number of benzene rings is 3. The van der Waals surface area contributed by atoms with Gasteiger partial charge in [-0.25, -0.2) is 0 Å². The molecule has 0 bridgehead atoms. The second-order valence-electron chi connectivity index (χ2n) is 9.06. The number of carbonyl (C=O) groups excluding carboxylic acids is 1. The number of aryl methyl sites for hydroxylation is 1. The van der Waals surface area contributed by atoms with Crippen molar-refractivity contribution in [2.24, 2.45) is 5.92 Å². The topological polar surface area (TPSA) is 50.4 Å². The Labute approximate surface area is 196 Å². The summed E-state index contributed by atoms with van der Waals surface area (Å²) in [5.74, 6) is 1.35. The van der Waals surface area contributed by atoms with Crippen molar-refractivity contribution in [3.8, 4) is 16.9 Å². The zero-order valence-corrected chi connectivity index (χ0v) is 19.7. The molecule has 1 aliphatic heterocycles. The van der Waals surface area contributed by atoms with Gasteiger partial charge in [0.1, 0.15) is 5.75 Å². The predicted octanol–water partition coefficient (Wildman–Crippen LogP) is 6.21. The summed E-state index contributed by atoms with van der Waals surface area (Å²) in [5.41, 5.74) is 7.14. The molecule has 0 spiro atoms. The smallest absolute Gasteiger partial charge is 0.251 e. The number of fused-ring (bicyclic) bond motifs is 1. The fourth-order valence-corrected chi connectivity index (χ4v) is 3.85. The molecule has 0 aromatic heterocycles. The van der Waals surface area contributed by atoms with Gasteiger partial charge in [0.2, 0.25) is 0 Å². The van der Waals surface area contributed by atoms with Crippen molar-refractivity contribution in [3.05, 3.63) is 89.0 Å². The van der Waals surface area contributed by atoms with Crippen LogP contribution in [0.3, 0.4) is 0 Å². The average Bonchev–Trinajstić information content (AvgIpc) is 3.02. The summed E-state index contributed by atoms with van der Waals surface area (Å²) in [5, 5.41) is 6.48. The van der Waals surface area contributed by atoms with Gasteiger partial charge in [0.05, 0.1) is 6.61 Å². The van der Waals surface area contributed by atoms with Gasteiger partial charge < -0.3 is 15.4 Å². The Hall–Kier alpha value is -3.37. The van der Waals surface area contributed by atoms with Crippen LogP contribution in [-0.4, -0.2) is 19.1 Å². The molecular formula is C29H32N2O2. The van der Waals surface area contributed by atoms with Crippen molar-refractivity contribution >= 4 is 17.7 Å². The predicted molar refractivity (Wildman–Crippen MR) is 136 cm³/mol. The first-order valence-electron chi connectivity index (χ1n) is 11.6. The molecule has 4 rings (SSSR count). The van der Waals surface area contributed by atoms with Crippen LogP contribution >= 0.6 is 0 Å². The minimum absolute atomic E-state index is 0.0853. The maximum Gasteiger partial charge on any atom is 0.251 e. The molecule has 4 heteroatoms. The molecule has 0 aliphatic carbocycles. The molecule has 3 aromatic rings. The van der Waals surface area contributed by atoms with Crippen molar-refractivity contribution in [3.63, 3.8) is 0 Å². The molecule has 0 saturated heterocycles. The van der Waals surface area contributed by atoms with E-state index in [1.165, 1.54) is 11.1 Å². The lowest BCUT2D eigenvalue weighted by Crippen LogP contribution is -2.19. The number of hydrogen-bond donors (Lipinski definition) is 2. The van der Waals surface area contributed by atoms with Crippen LogP contribution in [0, 0.1) is 12.8 Å². The summed E-state index contributed by atoms with van der Waals surface area (Å²) < 4.78 is 5.92. The fourth-order valence-electron chi connectivity index (χ4n) is 3.85. The summed E-state index contributed by atoms with van der Waals surface area (Å²) >= 11 is 0. The number of hydrogen-bond acceptors (Lipinski definition) is 3. The third kappa shape index (κ3) is 6.11. The van der Waals surface area contributed by atoms with Gasteiger partial charge in [0.25, 0.3) is 5.91 Å². The van der Waals surface area contributed by atoms with E-state index < -0.39 is 0 Å². The van der Waals surface area contributed by atoms with Gasteiger partial charge in [0.15, 0.2) is 0 Å². The third-order valence-electron chi connectivity index (χ3n) is 5.74. The molecule has 0 radical (unpaired) electrons. The monoisotopic (exact) mass is 440 g/mol. The van der Waals surface area contributed by atoms with Gasteiger partial charge in [-0.2, -0.15) is 0 Å². The Morgan fingerprint density at radius 1 is 0.970 bits per heavy atom. The van der Waals surface area contributed by atoms with Crippen LogP contribution in [0.2, 0.25) is 0 Å². The number of carbonyl (C=O) groups is 1. The number of amides is 1. The highest BCUT2D eigenvalue weighted by Gasteiger charge is 2.16. The van der Waals surface area contributed by atoms with E-state index in [0.717, 1.165) is 46.8 Å². The largest absolute Gasteiger partial charge is 0.493 e. The Bertz CT molecular complexity index is 1130. The van der Waals surface area contributed by atoms with Crippen molar-refractivity contribution in [1.82, 2.24) is 5.32 Å². The van der Waals surface area contributed by atoms with Crippen LogP contribution in [0.15, 0.2) is 72.3 Å². The summed E-state index contributed by atoms with van der Waals surface area (Å²) in [6.07, 6.45) is 2.52. The molecule has 1 amide bonds. The standard InChI is InChI=1S/C29H32N2O2/c1-20(2)18-30-19-22-6-11-27(12-7-22)31-29(32)25-14-15-33-28-13-10-24(16-26(28)17-25)23-8-4-21(3)5-9-23/h4-13,16-17,20,30H,14-15,18-19H2,1-3H3,(H,31,32). The van der Waals surface area contributed by atoms with Gasteiger partial charge >= 0.3 is 0 Å². The molecule has 0 unspecified atom stereocenters. The highest BCUT2D eigenvalue weighted by molar-refractivity contribution is 6.07. The molecule has 4 nitrogen and oxygen atoms in total. The molecule has 170 valence electrons. The number of anilines is 1. The normalized spacial score (nSPS) is 13.0. The molecule has 33 heavy (non-hydrogen) atoms. The zero-order chi connectivity index (χ0) is 23.2. The second-order valence-corrected chi connectivity index (χ2v) is 9.06. The lowest BCUT2D eigenvalue weighted by Gasteiger charge is -2.10. The maximum atomic E-state index is 13.0. The molecule has 1 heterocycles. The SMILES string of the molecule is Cc1ccc(-c2ccc3c(c2)C=C(C(=O)Nc2ccc(CNCC(C)C)cc2)CCO3)cc1. The number of ether oxygens (including phenoxy) is 1. The summed E-state index contributed by atoms with van der Waals surface area (Å²) in [6, 6.07) is 22.6. The van der Waals surface area contributed by atoms with Crippen molar-refractivity contribution in [1.29, 1.82) is 0 Å². The zero-order valence-electron chi connectivity index (χ0n) is 19.7. The van der Waals surface area contributed by atoms with Crippen LogP contribution in [0.5, 0.6) is 5.75 Å². The van der Waals surface area contributed by atoms with Crippen molar-refractivity contribution in [2.75, 3.05) is 18.5 Å². The van der Waals surface area contributed by atoms with E-state index >= 15 is 0 Å². The maximum absolute atomic E-state index is 13.0. The first-order chi connectivity index (χ1) is 16.0. The van der Waals surface area contributed by atoms with Crippen LogP contribution in [0.1, 0.15) is 37.0 Å². The van der Waals surface area contributed by atoms with Crippen LogP contribution in [-0.2, 0) is 11.3 Å². The molecule has 0 saturated carbocycles. The quantitative estimate of drug-likeness (QED) is 0.459. The van der Waals surface area contributed by atoms with Crippen LogP contribution < -0.4 is 15.4 Å². The third-order valence-corrected chi connectivity index (χ3v) is 5.74. The van der Waals surface area contributed by atoms with E-state index in [9.17, 15) is 4.79 Å². The molecule has 2 N–H and O–H groups in total. The summed E-state index contributed by atoms with van der Waals surface area (Å²) in [7, 11) is 0. The fraction of sp³-hybridized carbons (Fsp3) is 0.276.